The second-order valence-electron chi connectivity index (χ2n) is 8.06. The number of ether oxygens (including phenoxy) is 1. The van der Waals surface area contributed by atoms with Crippen LogP contribution in [0.5, 0.6) is 5.75 Å². The molecule has 180 valence electrons. The fourth-order valence-electron chi connectivity index (χ4n) is 4.17. The third-order valence-electron chi connectivity index (χ3n) is 5.69. The molecule has 0 spiro atoms. The minimum atomic E-state index is -1.95. The molecule has 3 aromatic rings. The van der Waals surface area contributed by atoms with E-state index in [1.54, 1.807) is 11.4 Å². The van der Waals surface area contributed by atoms with Gasteiger partial charge in [0, 0.05) is 30.5 Å². The second-order valence-corrected chi connectivity index (χ2v) is 10.2. The quantitative estimate of drug-likeness (QED) is 0.452. The van der Waals surface area contributed by atoms with Gasteiger partial charge in [0.05, 0.1) is 23.8 Å². The first-order valence-electron chi connectivity index (χ1n) is 10.8. The van der Waals surface area contributed by atoms with Gasteiger partial charge in [-0.25, -0.2) is 8.60 Å². The molecule has 1 aliphatic heterocycles. The molecule has 0 aliphatic carbocycles. The summed E-state index contributed by atoms with van der Waals surface area (Å²) in [6, 6.07) is 7.08. The number of hydrogen-bond donors (Lipinski definition) is 3. The number of carbonyl (C=O) groups excluding carboxylic acids is 1. The maximum Gasteiger partial charge on any atom is 0.267 e. The van der Waals surface area contributed by atoms with Crippen LogP contribution in [0.25, 0.3) is 0 Å². The molecule has 0 bridgehead atoms. The third kappa shape index (κ3) is 4.94. The lowest BCUT2D eigenvalue weighted by molar-refractivity contribution is 0.103. The van der Waals surface area contributed by atoms with Crippen LogP contribution < -0.4 is 14.9 Å². The van der Waals surface area contributed by atoms with Crippen molar-refractivity contribution in [1.29, 1.82) is 0 Å². The molecule has 1 amide bonds. The molecule has 0 saturated carbocycles. The minimum absolute atomic E-state index is 0.115. The van der Waals surface area contributed by atoms with Gasteiger partial charge >= 0.3 is 0 Å². The van der Waals surface area contributed by atoms with Crippen LogP contribution in [0.1, 0.15) is 26.4 Å². The van der Waals surface area contributed by atoms with Crippen LogP contribution in [0.4, 0.5) is 21.5 Å². The molecule has 1 fully saturated rings. The molecule has 2 aromatic carbocycles. The van der Waals surface area contributed by atoms with Crippen molar-refractivity contribution in [1.82, 2.24) is 0 Å². The Hall–Kier alpha value is -2.95. The Bertz CT molecular complexity index is 1260. The van der Waals surface area contributed by atoms with Gasteiger partial charge in [-0.2, -0.15) is 0 Å². The summed E-state index contributed by atoms with van der Waals surface area (Å²) < 4.78 is 35.0. The maximum absolute atomic E-state index is 14.1. The number of rotatable bonds is 6. The molecule has 4 rings (SSSR count). The molecule has 34 heavy (non-hydrogen) atoms. The van der Waals surface area contributed by atoms with E-state index in [0.717, 1.165) is 47.2 Å². The molecular formula is C24H26FN3O4S2. The van der Waals surface area contributed by atoms with Gasteiger partial charge < -0.3 is 20.1 Å². The second kappa shape index (κ2) is 10.1. The predicted molar refractivity (Wildman–Crippen MR) is 134 cm³/mol. The number of carbonyl (C=O) groups is 1. The molecule has 7 nitrogen and oxygen atoms in total. The highest BCUT2D eigenvalue weighted by Gasteiger charge is 2.22. The smallest absolute Gasteiger partial charge is 0.267 e. The van der Waals surface area contributed by atoms with E-state index in [4.69, 9.17) is 4.74 Å². The van der Waals surface area contributed by atoms with Crippen LogP contribution >= 0.6 is 11.3 Å². The Labute approximate surface area is 204 Å². The number of nitrogens with zero attached hydrogens (tertiary/aromatic N) is 1. The topological polar surface area (TPSA) is 90.9 Å². The number of phenolic OH excluding ortho intramolecular Hbond substituents is 1. The zero-order chi connectivity index (χ0) is 24.4. The lowest BCUT2D eigenvalue weighted by atomic mass is 10.0. The number of morpholine rings is 1. The van der Waals surface area contributed by atoms with Gasteiger partial charge in [0.2, 0.25) is 0 Å². The highest BCUT2D eigenvalue weighted by molar-refractivity contribution is 7.86. The van der Waals surface area contributed by atoms with E-state index < -0.39 is 16.8 Å². The Kier molecular flexibility index (Phi) is 7.20. The van der Waals surface area contributed by atoms with Gasteiger partial charge in [-0.15, -0.1) is 11.3 Å². The number of amides is 1. The first-order valence-corrected chi connectivity index (χ1v) is 12.8. The Morgan fingerprint density at radius 1 is 1.15 bits per heavy atom. The largest absolute Gasteiger partial charge is 0.508 e. The van der Waals surface area contributed by atoms with Crippen LogP contribution in [-0.2, 0) is 15.7 Å². The molecular weight excluding hydrogens is 477 g/mol. The molecule has 1 aliphatic rings. The maximum atomic E-state index is 14.1. The highest BCUT2D eigenvalue weighted by Crippen LogP contribution is 2.35. The summed E-state index contributed by atoms with van der Waals surface area (Å²) in [5.74, 6) is -1.40. The Balaban J connectivity index is 1.57. The number of benzene rings is 2. The van der Waals surface area contributed by atoms with E-state index >= 15 is 0 Å². The lowest BCUT2D eigenvalue weighted by Crippen LogP contribution is -2.37. The van der Waals surface area contributed by atoms with Gasteiger partial charge in [0.25, 0.3) is 5.91 Å². The summed E-state index contributed by atoms with van der Waals surface area (Å²) in [4.78, 5) is 15.7. The molecule has 1 saturated heterocycles. The van der Waals surface area contributed by atoms with Crippen LogP contribution in [0.3, 0.4) is 0 Å². The number of aryl methyl sites for hydroxylation is 2. The summed E-state index contributed by atoms with van der Waals surface area (Å²) in [5, 5.41) is 14.1. The summed E-state index contributed by atoms with van der Waals surface area (Å²) in [7, 11) is -1.95. The number of halogens is 1. The van der Waals surface area contributed by atoms with Crippen molar-refractivity contribution in [2.75, 3.05) is 41.2 Å². The number of phenols is 1. The van der Waals surface area contributed by atoms with E-state index in [9.17, 15) is 18.5 Å². The van der Waals surface area contributed by atoms with Crippen molar-refractivity contribution >= 4 is 45.3 Å². The van der Waals surface area contributed by atoms with Crippen LogP contribution in [0.15, 0.2) is 40.6 Å². The highest BCUT2D eigenvalue weighted by atomic mass is 32.2. The van der Waals surface area contributed by atoms with E-state index in [0.29, 0.717) is 23.8 Å². The Morgan fingerprint density at radius 2 is 1.88 bits per heavy atom. The number of anilines is 3. The van der Waals surface area contributed by atoms with E-state index in [1.165, 1.54) is 23.5 Å². The predicted octanol–water partition coefficient (Wildman–Crippen LogP) is 4.74. The van der Waals surface area contributed by atoms with Crippen LogP contribution in [0.2, 0.25) is 0 Å². The molecule has 1 unspecified atom stereocenters. The molecule has 1 aromatic heterocycles. The summed E-state index contributed by atoms with van der Waals surface area (Å²) >= 11 is 1.20. The van der Waals surface area contributed by atoms with Crippen molar-refractivity contribution in [3.63, 3.8) is 0 Å². The average Bonchev–Trinajstić information content (AvgIpc) is 3.25. The van der Waals surface area contributed by atoms with Crippen molar-refractivity contribution in [3.8, 4) is 5.75 Å². The standard InChI is InChI=1S/C24H26FN3O4S2/c1-14-12-15(2)22(28-7-9-32-10-8-28)16(3)21(14)26-24(30)23-19(6-11-33-23)27-34(31)20-5-4-17(29)13-18(20)25/h4-6,11-13,27,29H,7-10H2,1-3H3,(H,26,30). The zero-order valence-corrected chi connectivity index (χ0v) is 20.7. The summed E-state index contributed by atoms with van der Waals surface area (Å²) in [6.07, 6.45) is 0. The monoisotopic (exact) mass is 503 g/mol. The van der Waals surface area contributed by atoms with Gasteiger partial charge in [-0.1, -0.05) is 6.07 Å². The Morgan fingerprint density at radius 3 is 2.59 bits per heavy atom. The van der Waals surface area contributed by atoms with Gasteiger partial charge in [0.1, 0.15) is 16.4 Å². The van der Waals surface area contributed by atoms with E-state index in [-0.39, 0.29) is 16.6 Å². The first kappa shape index (κ1) is 24.2. The van der Waals surface area contributed by atoms with Gasteiger partial charge in [0.15, 0.2) is 11.0 Å². The fourth-order valence-corrected chi connectivity index (χ4v) is 5.89. The fraction of sp³-hybridized carbons (Fsp3) is 0.292. The number of nitrogens with one attached hydrogen (secondary N) is 2. The van der Waals surface area contributed by atoms with Crippen molar-refractivity contribution in [3.05, 3.63) is 63.1 Å². The molecule has 10 heteroatoms. The first-order chi connectivity index (χ1) is 16.3. The van der Waals surface area contributed by atoms with Crippen molar-refractivity contribution < 1.29 is 23.2 Å². The molecule has 0 radical (unpaired) electrons. The average molecular weight is 504 g/mol. The minimum Gasteiger partial charge on any atom is -0.508 e. The van der Waals surface area contributed by atoms with E-state index in [1.807, 2.05) is 13.8 Å². The van der Waals surface area contributed by atoms with E-state index in [2.05, 4.69) is 27.9 Å². The number of hydrogen-bond acceptors (Lipinski definition) is 6. The summed E-state index contributed by atoms with van der Waals surface area (Å²) in [5.41, 5.74) is 5.23. The normalized spacial score (nSPS) is 14.6. The van der Waals surface area contributed by atoms with Crippen LogP contribution in [0, 0.1) is 26.6 Å². The summed E-state index contributed by atoms with van der Waals surface area (Å²) in [6.45, 7) is 8.92. The van der Waals surface area contributed by atoms with Crippen molar-refractivity contribution in [2.45, 2.75) is 25.7 Å². The van der Waals surface area contributed by atoms with Gasteiger partial charge in [-0.3, -0.25) is 9.52 Å². The third-order valence-corrected chi connectivity index (χ3v) is 7.74. The van der Waals surface area contributed by atoms with Gasteiger partial charge in [-0.05, 0) is 61.0 Å². The molecule has 3 N–H and O–H groups in total. The zero-order valence-electron chi connectivity index (χ0n) is 19.1. The number of thiophene rings is 1. The van der Waals surface area contributed by atoms with Crippen molar-refractivity contribution in [2.24, 2.45) is 0 Å². The molecule has 2 heterocycles. The SMILES string of the molecule is Cc1cc(C)c(N2CCOCC2)c(C)c1NC(=O)c1sccc1NS(=O)c1ccc(O)cc1F. The lowest BCUT2D eigenvalue weighted by Gasteiger charge is -2.32. The number of aromatic hydroxyl groups is 1. The van der Waals surface area contributed by atoms with Crippen LogP contribution in [-0.4, -0.2) is 41.5 Å². The molecule has 1 atom stereocenters.